The smallest absolute Gasteiger partial charge is 0.0594 e. The fourth-order valence-corrected chi connectivity index (χ4v) is 5.82. The molecule has 0 aromatic heterocycles. The number of likely N-dealkylation sites (tertiary alicyclic amines) is 2. The zero-order valence-electron chi connectivity index (χ0n) is 30.5. The fraction of sp³-hybridized carbons (Fsp3) is 1.00. The van der Waals surface area contributed by atoms with Gasteiger partial charge in [0.05, 0.1) is 13.2 Å². The maximum absolute atomic E-state index is 5.25. The average Bonchev–Trinajstić information content (AvgIpc) is 3.32. The highest BCUT2D eigenvalue weighted by atomic mass is 16.5. The van der Waals surface area contributed by atoms with Crippen molar-refractivity contribution in [2.45, 2.75) is 138 Å². The van der Waals surface area contributed by atoms with Crippen LogP contribution >= 0.6 is 0 Å². The lowest BCUT2D eigenvalue weighted by Crippen LogP contribution is -2.52. The van der Waals surface area contributed by atoms with E-state index in [0.717, 1.165) is 32.2 Å². The Hall–Kier alpha value is -0.240. The van der Waals surface area contributed by atoms with Gasteiger partial charge in [0.15, 0.2) is 0 Å². The minimum atomic E-state index is 0.323. The van der Waals surface area contributed by atoms with Gasteiger partial charge in [-0.25, -0.2) is 0 Å². The molecule has 4 saturated heterocycles. The van der Waals surface area contributed by atoms with E-state index in [1.165, 1.54) is 78.0 Å². The highest BCUT2D eigenvalue weighted by Crippen LogP contribution is 2.23. The van der Waals surface area contributed by atoms with Crippen molar-refractivity contribution in [2.24, 2.45) is 5.92 Å². The number of likely N-dealkylation sites (N-methyl/N-ethyl adjacent to an activating group) is 1. The number of hydrogen-bond acceptors (Lipinski definition) is 6. The summed E-state index contributed by atoms with van der Waals surface area (Å²) in [5.74, 6) is 0.916. The first-order valence-corrected chi connectivity index (χ1v) is 17.0. The van der Waals surface area contributed by atoms with E-state index in [1.54, 1.807) is 0 Å². The standard InChI is InChI=1S/C9H20N2.2C9H19N.C8H17NO/c1-9(2,3)11-7-5-10(4)6-8-11;1-8-5-6-10(7-8)9(2,3)4;1-9(2,3)10-7-5-4-6-8-10;1-8(2,3)9-4-6-10-7-5-9/h5-8H2,1-4H3;8H,5-7H2,1-4H3;4-8H2,1-3H3;4-7H2,1-3H3. The van der Waals surface area contributed by atoms with E-state index >= 15 is 0 Å². The number of hydrogen-bond donors (Lipinski definition) is 0. The molecule has 41 heavy (non-hydrogen) atoms. The van der Waals surface area contributed by atoms with Crippen LogP contribution in [0.5, 0.6) is 0 Å². The average molecular weight is 582 g/mol. The van der Waals surface area contributed by atoms with E-state index in [9.17, 15) is 0 Å². The van der Waals surface area contributed by atoms with Gasteiger partial charge in [-0.3, -0.25) is 19.6 Å². The summed E-state index contributed by atoms with van der Waals surface area (Å²) in [7, 11) is 2.19. The quantitative estimate of drug-likeness (QED) is 0.322. The number of rotatable bonds is 0. The van der Waals surface area contributed by atoms with Gasteiger partial charge >= 0.3 is 0 Å². The van der Waals surface area contributed by atoms with Crippen molar-refractivity contribution in [3.05, 3.63) is 0 Å². The number of morpholine rings is 1. The van der Waals surface area contributed by atoms with Crippen molar-refractivity contribution in [1.82, 2.24) is 24.5 Å². The lowest BCUT2D eigenvalue weighted by atomic mass is 10.0. The number of piperidine rings is 1. The molecule has 0 radical (unpaired) electrons. The molecule has 0 spiro atoms. The van der Waals surface area contributed by atoms with Crippen molar-refractivity contribution in [3.63, 3.8) is 0 Å². The molecule has 1 unspecified atom stereocenters. The maximum Gasteiger partial charge on any atom is 0.0594 e. The van der Waals surface area contributed by atoms with Crippen LogP contribution in [0.3, 0.4) is 0 Å². The molecule has 6 heteroatoms. The van der Waals surface area contributed by atoms with E-state index in [2.05, 4.69) is 122 Å². The van der Waals surface area contributed by atoms with Gasteiger partial charge in [0.2, 0.25) is 0 Å². The molecule has 4 aliphatic rings. The summed E-state index contributed by atoms with van der Waals surface area (Å²) in [4.78, 5) is 12.5. The monoisotopic (exact) mass is 582 g/mol. The second-order valence-electron chi connectivity index (χ2n) is 17.0. The Morgan fingerprint density at radius 3 is 1.15 bits per heavy atom. The zero-order valence-corrected chi connectivity index (χ0v) is 30.5. The predicted octanol–water partition coefficient (Wildman–Crippen LogP) is 6.55. The van der Waals surface area contributed by atoms with Gasteiger partial charge in [0, 0.05) is 68.0 Å². The molecule has 0 aromatic carbocycles. The van der Waals surface area contributed by atoms with Gasteiger partial charge in [-0.05, 0) is 135 Å². The Kier molecular flexibility index (Phi) is 16.4. The summed E-state index contributed by atoms with van der Waals surface area (Å²) < 4.78 is 5.25. The van der Waals surface area contributed by atoms with Gasteiger partial charge in [0.1, 0.15) is 0 Å². The van der Waals surface area contributed by atoms with Crippen LogP contribution < -0.4 is 0 Å². The minimum Gasteiger partial charge on any atom is -0.379 e. The first-order valence-electron chi connectivity index (χ1n) is 17.0. The molecule has 4 heterocycles. The summed E-state index contributed by atoms with van der Waals surface area (Å²) in [6.07, 6.45) is 5.62. The summed E-state index contributed by atoms with van der Waals surface area (Å²) in [6.45, 7) is 43.8. The van der Waals surface area contributed by atoms with E-state index in [1.807, 2.05) is 0 Å². The Labute approximate surface area is 258 Å². The third-order valence-corrected chi connectivity index (χ3v) is 9.09. The minimum absolute atomic E-state index is 0.323. The Bertz CT molecular complexity index is 616. The molecule has 0 aromatic rings. The molecule has 0 saturated carbocycles. The maximum atomic E-state index is 5.25. The number of nitrogens with zero attached hydrogens (tertiary/aromatic N) is 5. The molecule has 0 aliphatic carbocycles. The van der Waals surface area contributed by atoms with Crippen molar-refractivity contribution in [1.29, 1.82) is 0 Å². The third-order valence-electron chi connectivity index (χ3n) is 9.09. The predicted molar refractivity (Wildman–Crippen MR) is 181 cm³/mol. The second kappa shape index (κ2) is 17.3. The van der Waals surface area contributed by atoms with Crippen LogP contribution in [0.1, 0.15) is 116 Å². The zero-order chi connectivity index (χ0) is 31.5. The molecule has 4 rings (SSSR count). The number of piperazine rings is 1. The van der Waals surface area contributed by atoms with Gasteiger partial charge in [0.25, 0.3) is 0 Å². The molecule has 246 valence electrons. The lowest BCUT2D eigenvalue weighted by Gasteiger charge is -2.41. The molecular weight excluding hydrogens is 506 g/mol. The van der Waals surface area contributed by atoms with E-state index in [0.29, 0.717) is 22.2 Å². The molecule has 4 aliphatic heterocycles. The van der Waals surface area contributed by atoms with Crippen molar-refractivity contribution < 1.29 is 4.74 Å². The largest absolute Gasteiger partial charge is 0.379 e. The molecule has 6 nitrogen and oxygen atoms in total. The fourth-order valence-electron chi connectivity index (χ4n) is 5.82. The molecule has 1 atom stereocenters. The molecule has 0 bridgehead atoms. The lowest BCUT2D eigenvalue weighted by molar-refractivity contribution is -0.00389. The van der Waals surface area contributed by atoms with E-state index < -0.39 is 0 Å². The topological polar surface area (TPSA) is 25.4 Å². The van der Waals surface area contributed by atoms with E-state index in [-0.39, 0.29) is 0 Å². The summed E-state index contributed by atoms with van der Waals surface area (Å²) >= 11 is 0. The number of ether oxygens (including phenoxy) is 1. The van der Waals surface area contributed by atoms with Crippen LogP contribution in [-0.4, -0.2) is 132 Å². The van der Waals surface area contributed by atoms with Crippen molar-refractivity contribution in [2.75, 3.05) is 85.7 Å². The highest BCUT2D eigenvalue weighted by Gasteiger charge is 2.28. The van der Waals surface area contributed by atoms with Crippen LogP contribution in [-0.2, 0) is 4.74 Å². The highest BCUT2D eigenvalue weighted by molar-refractivity contribution is 4.83. The first-order chi connectivity index (χ1) is 18.7. The van der Waals surface area contributed by atoms with Gasteiger partial charge in [-0.1, -0.05) is 13.3 Å². The van der Waals surface area contributed by atoms with E-state index in [4.69, 9.17) is 4.74 Å². The summed E-state index contributed by atoms with van der Waals surface area (Å²) in [5, 5.41) is 0. The molecule has 0 amide bonds. The van der Waals surface area contributed by atoms with Gasteiger partial charge in [-0.2, -0.15) is 0 Å². The van der Waals surface area contributed by atoms with Crippen LogP contribution in [0.25, 0.3) is 0 Å². The summed E-state index contributed by atoms with van der Waals surface area (Å²) in [5.41, 5.74) is 1.48. The Morgan fingerprint density at radius 2 is 0.854 bits per heavy atom. The first kappa shape index (κ1) is 38.8. The van der Waals surface area contributed by atoms with Crippen molar-refractivity contribution >= 4 is 0 Å². The Balaban J connectivity index is 0.000000274. The molecule has 0 N–H and O–H groups in total. The molecule has 4 fully saturated rings. The third kappa shape index (κ3) is 16.4. The van der Waals surface area contributed by atoms with Crippen LogP contribution in [0.4, 0.5) is 0 Å². The van der Waals surface area contributed by atoms with Crippen LogP contribution in [0.2, 0.25) is 0 Å². The summed E-state index contributed by atoms with van der Waals surface area (Å²) in [6, 6.07) is 0. The Morgan fingerprint density at radius 1 is 0.463 bits per heavy atom. The van der Waals surface area contributed by atoms with Crippen LogP contribution in [0.15, 0.2) is 0 Å². The van der Waals surface area contributed by atoms with Crippen molar-refractivity contribution in [3.8, 4) is 0 Å². The molecular formula is C35H75N5O. The van der Waals surface area contributed by atoms with Crippen LogP contribution in [0, 0.1) is 5.92 Å². The normalized spacial score (nSPS) is 24.9. The SMILES string of the molecule is CC(C)(C)N1CCCCC1.CC(C)(C)N1CCOCC1.CC1CCN(C(C)(C)C)C1.CN1CCN(C(C)(C)C)CC1. The van der Waals surface area contributed by atoms with Gasteiger partial charge in [-0.15, -0.1) is 0 Å². The second-order valence-corrected chi connectivity index (χ2v) is 17.0. The van der Waals surface area contributed by atoms with Gasteiger partial charge < -0.3 is 9.64 Å².